The molecule has 1 heterocycles. The van der Waals surface area contributed by atoms with E-state index in [9.17, 15) is 9.59 Å². The minimum Gasteiger partial charge on any atom is -0.340 e. The fraction of sp³-hybridized carbons (Fsp3) is 0.231. The minimum absolute atomic E-state index is 0.265. The molecular formula is C13H12N2O2. The van der Waals surface area contributed by atoms with Gasteiger partial charge in [-0.05, 0) is 25.5 Å². The van der Waals surface area contributed by atoms with Crippen molar-refractivity contribution in [2.75, 3.05) is 5.32 Å². The Bertz CT molecular complexity index is 555. The molecule has 1 aliphatic heterocycles. The van der Waals surface area contributed by atoms with Crippen LogP contribution in [-0.2, 0) is 4.79 Å². The highest BCUT2D eigenvalue weighted by Crippen LogP contribution is 2.25. The Hall–Kier alpha value is -2.28. The summed E-state index contributed by atoms with van der Waals surface area (Å²) in [5.41, 5.74) is 2.25. The van der Waals surface area contributed by atoms with E-state index in [-0.39, 0.29) is 11.8 Å². The van der Waals surface area contributed by atoms with Crippen molar-refractivity contribution in [3.05, 3.63) is 28.8 Å². The molecular weight excluding hydrogens is 216 g/mol. The minimum atomic E-state index is -0.569. The smallest absolute Gasteiger partial charge is 0.254 e. The largest absolute Gasteiger partial charge is 0.340 e. The summed E-state index contributed by atoms with van der Waals surface area (Å²) >= 11 is 0. The van der Waals surface area contributed by atoms with Gasteiger partial charge in [-0.2, -0.15) is 0 Å². The monoisotopic (exact) mass is 228 g/mol. The molecule has 1 aliphatic rings. The van der Waals surface area contributed by atoms with Crippen molar-refractivity contribution in [1.82, 2.24) is 5.32 Å². The number of rotatable bonds is 0. The number of benzene rings is 1. The number of hydrogen-bond acceptors (Lipinski definition) is 2. The standard InChI is InChI=1S/C13H12N2O2/c1-4-9-7(2)5-6-10-11(9)15-12(16)8(3)14-13(10)17/h1,5-6,8H,2-3H3,(H,14,17)(H,15,16). The molecule has 0 spiro atoms. The van der Waals surface area contributed by atoms with E-state index in [0.29, 0.717) is 16.8 Å². The molecule has 2 N–H and O–H groups in total. The van der Waals surface area contributed by atoms with Gasteiger partial charge in [0.15, 0.2) is 0 Å². The molecule has 1 aromatic carbocycles. The summed E-state index contributed by atoms with van der Waals surface area (Å²) in [6, 6.07) is 2.87. The van der Waals surface area contributed by atoms with E-state index in [0.717, 1.165) is 5.56 Å². The normalized spacial score (nSPS) is 18.5. The van der Waals surface area contributed by atoms with E-state index in [4.69, 9.17) is 6.42 Å². The zero-order valence-corrected chi connectivity index (χ0v) is 9.63. The summed E-state index contributed by atoms with van der Waals surface area (Å²) in [5, 5.41) is 5.30. The summed E-state index contributed by atoms with van der Waals surface area (Å²) in [6.45, 7) is 3.47. The molecule has 4 nitrogen and oxygen atoms in total. The molecule has 1 atom stereocenters. The Morgan fingerprint density at radius 1 is 1.35 bits per heavy atom. The second-order valence-corrected chi connectivity index (χ2v) is 4.01. The second-order valence-electron chi connectivity index (χ2n) is 4.01. The van der Waals surface area contributed by atoms with Crippen LogP contribution in [0.1, 0.15) is 28.4 Å². The van der Waals surface area contributed by atoms with Crippen molar-refractivity contribution in [2.45, 2.75) is 19.9 Å². The second kappa shape index (κ2) is 3.95. The summed E-state index contributed by atoms with van der Waals surface area (Å²) < 4.78 is 0. The van der Waals surface area contributed by atoms with Crippen molar-refractivity contribution >= 4 is 17.5 Å². The van der Waals surface area contributed by atoms with Gasteiger partial charge in [0.25, 0.3) is 5.91 Å². The van der Waals surface area contributed by atoms with Gasteiger partial charge in [-0.15, -0.1) is 6.42 Å². The van der Waals surface area contributed by atoms with Crippen LogP contribution < -0.4 is 10.6 Å². The van der Waals surface area contributed by atoms with Crippen molar-refractivity contribution in [3.63, 3.8) is 0 Å². The predicted molar refractivity (Wildman–Crippen MR) is 64.7 cm³/mol. The molecule has 0 aliphatic carbocycles. The number of amides is 2. The average Bonchev–Trinajstić information content (AvgIpc) is 2.38. The fourth-order valence-electron chi connectivity index (χ4n) is 1.78. The highest BCUT2D eigenvalue weighted by molar-refractivity contribution is 6.11. The van der Waals surface area contributed by atoms with Gasteiger partial charge in [-0.1, -0.05) is 12.0 Å². The molecule has 4 heteroatoms. The maximum Gasteiger partial charge on any atom is 0.254 e. The third kappa shape index (κ3) is 1.76. The Morgan fingerprint density at radius 3 is 2.71 bits per heavy atom. The van der Waals surface area contributed by atoms with Gasteiger partial charge in [0.2, 0.25) is 5.91 Å². The van der Waals surface area contributed by atoms with Crippen LogP contribution in [0.15, 0.2) is 12.1 Å². The number of nitrogens with one attached hydrogen (secondary N) is 2. The van der Waals surface area contributed by atoms with Crippen LogP contribution in [0.3, 0.4) is 0 Å². The molecule has 0 bridgehead atoms. The predicted octanol–water partition coefficient (Wildman–Crippen LogP) is 1.05. The molecule has 0 saturated heterocycles. The topological polar surface area (TPSA) is 58.2 Å². The van der Waals surface area contributed by atoms with Crippen LogP contribution in [0.25, 0.3) is 0 Å². The van der Waals surface area contributed by atoms with E-state index < -0.39 is 6.04 Å². The maximum atomic E-state index is 11.9. The number of aryl methyl sites for hydroxylation is 1. The van der Waals surface area contributed by atoms with Gasteiger partial charge in [0.1, 0.15) is 6.04 Å². The van der Waals surface area contributed by atoms with Crippen LogP contribution in [-0.4, -0.2) is 17.9 Å². The van der Waals surface area contributed by atoms with Crippen molar-refractivity contribution < 1.29 is 9.59 Å². The molecule has 0 radical (unpaired) electrons. The molecule has 86 valence electrons. The summed E-state index contributed by atoms with van der Waals surface area (Å²) in [5.74, 6) is 1.96. The van der Waals surface area contributed by atoms with Crippen molar-refractivity contribution in [2.24, 2.45) is 0 Å². The Morgan fingerprint density at radius 2 is 2.06 bits per heavy atom. The SMILES string of the molecule is C#Cc1c(C)ccc2c1NC(=O)C(C)NC2=O. The van der Waals surface area contributed by atoms with Crippen LogP contribution >= 0.6 is 0 Å². The van der Waals surface area contributed by atoms with E-state index in [2.05, 4.69) is 16.6 Å². The lowest BCUT2D eigenvalue weighted by Crippen LogP contribution is -2.38. The van der Waals surface area contributed by atoms with Crippen LogP contribution in [0.4, 0.5) is 5.69 Å². The lowest BCUT2D eigenvalue weighted by Gasteiger charge is -2.10. The van der Waals surface area contributed by atoms with Crippen LogP contribution in [0.2, 0.25) is 0 Å². The quantitative estimate of drug-likeness (QED) is 0.652. The first kappa shape index (κ1) is 11.2. The molecule has 2 rings (SSSR count). The number of fused-ring (bicyclic) bond motifs is 1. The number of carbonyl (C=O) groups is 2. The number of terminal acetylenes is 1. The van der Waals surface area contributed by atoms with Crippen LogP contribution in [0.5, 0.6) is 0 Å². The summed E-state index contributed by atoms with van der Waals surface area (Å²) in [7, 11) is 0. The maximum absolute atomic E-state index is 11.9. The van der Waals surface area contributed by atoms with Gasteiger partial charge in [0.05, 0.1) is 16.8 Å². The van der Waals surface area contributed by atoms with E-state index in [1.807, 2.05) is 6.92 Å². The molecule has 1 unspecified atom stereocenters. The summed E-state index contributed by atoms with van der Waals surface area (Å²) in [4.78, 5) is 23.6. The fourth-order valence-corrected chi connectivity index (χ4v) is 1.78. The Labute approximate surface area is 99.4 Å². The van der Waals surface area contributed by atoms with Gasteiger partial charge < -0.3 is 10.6 Å². The number of anilines is 1. The summed E-state index contributed by atoms with van der Waals surface area (Å²) in [6.07, 6.45) is 5.42. The zero-order chi connectivity index (χ0) is 12.6. The Balaban J connectivity index is 2.67. The van der Waals surface area contributed by atoms with Crippen molar-refractivity contribution in [1.29, 1.82) is 0 Å². The highest BCUT2D eigenvalue weighted by Gasteiger charge is 2.26. The van der Waals surface area contributed by atoms with E-state index in [1.165, 1.54) is 0 Å². The third-order valence-corrected chi connectivity index (χ3v) is 2.79. The first-order valence-corrected chi connectivity index (χ1v) is 5.26. The zero-order valence-electron chi connectivity index (χ0n) is 9.63. The average molecular weight is 228 g/mol. The van der Waals surface area contributed by atoms with E-state index >= 15 is 0 Å². The molecule has 1 aromatic rings. The number of hydrogen-bond donors (Lipinski definition) is 2. The highest BCUT2D eigenvalue weighted by atomic mass is 16.2. The van der Waals surface area contributed by atoms with Gasteiger partial charge in [-0.3, -0.25) is 9.59 Å². The first-order valence-electron chi connectivity index (χ1n) is 5.26. The molecule has 17 heavy (non-hydrogen) atoms. The molecule has 2 amide bonds. The first-order chi connectivity index (χ1) is 8.04. The van der Waals surface area contributed by atoms with Crippen LogP contribution in [0, 0.1) is 19.3 Å². The van der Waals surface area contributed by atoms with Gasteiger partial charge in [0, 0.05) is 0 Å². The van der Waals surface area contributed by atoms with Gasteiger partial charge >= 0.3 is 0 Å². The molecule has 0 aromatic heterocycles. The third-order valence-electron chi connectivity index (χ3n) is 2.79. The number of carbonyl (C=O) groups excluding carboxylic acids is 2. The van der Waals surface area contributed by atoms with Gasteiger partial charge in [-0.25, -0.2) is 0 Å². The van der Waals surface area contributed by atoms with Crippen molar-refractivity contribution in [3.8, 4) is 12.3 Å². The lowest BCUT2D eigenvalue weighted by atomic mass is 10.0. The Kier molecular flexibility index (Phi) is 2.60. The molecule has 0 fully saturated rings. The lowest BCUT2D eigenvalue weighted by molar-refractivity contribution is -0.117. The van der Waals surface area contributed by atoms with E-state index in [1.54, 1.807) is 19.1 Å². The molecule has 0 saturated carbocycles.